The second-order valence-electron chi connectivity index (χ2n) is 7.89. The third-order valence-corrected chi connectivity index (χ3v) is 5.82. The van der Waals surface area contributed by atoms with Crippen LogP contribution in [0.25, 0.3) is 34.3 Å². The first-order valence-electron chi connectivity index (χ1n) is 10.7. The van der Waals surface area contributed by atoms with Crippen molar-refractivity contribution in [2.45, 2.75) is 13.3 Å². The highest BCUT2D eigenvalue weighted by Gasteiger charge is 2.23. The summed E-state index contributed by atoms with van der Waals surface area (Å²) in [7, 11) is 3.56. The molecule has 4 aromatic rings. The summed E-state index contributed by atoms with van der Waals surface area (Å²) in [6.07, 6.45) is 7.68. The number of rotatable bonds is 1. The third-order valence-electron chi connectivity index (χ3n) is 5.82. The Bertz CT molecular complexity index is 1460. The molecule has 1 amide bonds. The van der Waals surface area contributed by atoms with Gasteiger partial charge in [-0.05, 0) is 24.6 Å². The number of fused-ring (bicyclic) bond motifs is 4. The molecule has 1 aliphatic rings. The van der Waals surface area contributed by atoms with Gasteiger partial charge in [-0.2, -0.15) is 10.2 Å². The number of aryl methyl sites for hydroxylation is 1. The molecule has 0 radical (unpaired) electrons. The van der Waals surface area contributed by atoms with Crippen molar-refractivity contribution in [2.24, 2.45) is 7.05 Å². The van der Waals surface area contributed by atoms with Crippen molar-refractivity contribution in [3.63, 3.8) is 0 Å². The van der Waals surface area contributed by atoms with Crippen molar-refractivity contribution in [1.29, 1.82) is 0 Å². The van der Waals surface area contributed by atoms with Crippen LogP contribution in [0.5, 0.6) is 5.75 Å². The van der Waals surface area contributed by atoms with Crippen LogP contribution in [0.15, 0.2) is 29.3 Å². The first kappa shape index (κ1) is 20.7. The van der Waals surface area contributed by atoms with Gasteiger partial charge in [0, 0.05) is 48.6 Å². The Morgan fingerprint density at radius 1 is 1.18 bits per heavy atom. The van der Waals surface area contributed by atoms with Gasteiger partial charge in [0.05, 0.1) is 29.6 Å². The molecule has 0 aliphatic carbocycles. The Balaban J connectivity index is 1.72. The molecule has 0 saturated heterocycles. The lowest BCUT2D eigenvalue weighted by atomic mass is 10.1. The van der Waals surface area contributed by atoms with E-state index in [1.807, 2.05) is 32.2 Å². The number of hydrogen-bond acceptors (Lipinski definition) is 6. The summed E-state index contributed by atoms with van der Waals surface area (Å²) in [5.74, 6) is 0.282. The van der Waals surface area contributed by atoms with Gasteiger partial charge in [-0.15, -0.1) is 0 Å². The van der Waals surface area contributed by atoms with E-state index < -0.39 is 0 Å². The minimum atomic E-state index is -0.259. The fraction of sp³-hybridized carbons (Fsp3) is 0.261. The Labute approximate surface area is 188 Å². The first-order valence-corrected chi connectivity index (χ1v) is 10.7. The summed E-state index contributed by atoms with van der Waals surface area (Å²) in [6.45, 7) is 2.61. The van der Waals surface area contributed by atoms with E-state index in [0.717, 1.165) is 28.6 Å². The average Bonchev–Trinajstić information content (AvgIpc) is 3.36. The average molecular weight is 445 g/mol. The molecule has 168 valence electrons. The van der Waals surface area contributed by atoms with Gasteiger partial charge in [-0.3, -0.25) is 24.4 Å². The molecule has 33 heavy (non-hydrogen) atoms. The van der Waals surface area contributed by atoms with Gasteiger partial charge in [-0.1, -0.05) is 6.92 Å². The minimum Gasteiger partial charge on any atom is -0.489 e. The maximum absolute atomic E-state index is 13.2. The lowest BCUT2D eigenvalue weighted by molar-refractivity contribution is 0.0767. The van der Waals surface area contributed by atoms with Crippen LogP contribution in [0.3, 0.4) is 0 Å². The van der Waals surface area contributed by atoms with Crippen LogP contribution in [0.1, 0.15) is 34.4 Å². The zero-order chi connectivity index (χ0) is 23.1. The van der Waals surface area contributed by atoms with E-state index >= 15 is 0 Å². The Morgan fingerprint density at radius 2 is 2.03 bits per heavy atom. The van der Waals surface area contributed by atoms with Crippen molar-refractivity contribution < 1.29 is 9.53 Å². The van der Waals surface area contributed by atoms with Crippen molar-refractivity contribution in [1.82, 2.24) is 34.8 Å². The molecule has 10 heteroatoms. The van der Waals surface area contributed by atoms with Crippen LogP contribution < -0.4 is 10.3 Å². The molecule has 10 nitrogen and oxygen atoms in total. The van der Waals surface area contributed by atoms with E-state index in [9.17, 15) is 9.59 Å². The Kier molecular flexibility index (Phi) is 5.04. The number of nitrogens with zero attached hydrogens (tertiary/aromatic N) is 5. The maximum Gasteiger partial charge on any atom is 0.274 e. The normalized spacial score (nSPS) is 15.0. The van der Waals surface area contributed by atoms with Gasteiger partial charge in [-0.25, -0.2) is 0 Å². The minimum absolute atomic E-state index is 0.195. The molecule has 5 rings (SSSR count). The lowest BCUT2D eigenvalue weighted by Crippen LogP contribution is -2.31. The molecule has 0 aromatic carbocycles. The number of ether oxygens (including phenoxy) is 1. The molecular weight excluding hydrogens is 422 g/mol. The van der Waals surface area contributed by atoms with E-state index in [1.54, 1.807) is 22.8 Å². The van der Waals surface area contributed by atoms with Crippen molar-refractivity contribution in [3.8, 4) is 17.0 Å². The summed E-state index contributed by atoms with van der Waals surface area (Å²) in [5, 5.41) is 12.7. The van der Waals surface area contributed by atoms with Crippen LogP contribution in [0, 0.1) is 0 Å². The maximum atomic E-state index is 13.2. The molecule has 4 aromatic heterocycles. The second-order valence-corrected chi connectivity index (χ2v) is 7.89. The molecule has 2 bridgehead atoms. The molecule has 0 spiro atoms. The number of aromatic nitrogens is 6. The number of carbonyl (C=O) groups is 1. The van der Waals surface area contributed by atoms with E-state index in [2.05, 4.69) is 25.3 Å². The van der Waals surface area contributed by atoms with Crippen molar-refractivity contribution in [2.75, 3.05) is 20.2 Å². The SMILES string of the molecule is CCc1c2c(nn1C)C(=O)N(C)CCOc1c[nH]c(=O)cc1-c1cc3c(n[nH]c3cn1)/C=C/2. The van der Waals surface area contributed by atoms with Crippen LogP contribution in [-0.4, -0.2) is 61.0 Å². The van der Waals surface area contributed by atoms with Crippen LogP contribution >= 0.6 is 0 Å². The Hall–Kier alpha value is -4.21. The first-order chi connectivity index (χ1) is 16.0. The number of likely N-dealkylation sites (N-methyl/N-ethyl adjacent to an activating group) is 1. The fourth-order valence-corrected chi connectivity index (χ4v) is 4.05. The predicted molar refractivity (Wildman–Crippen MR) is 124 cm³/mol. The predicted octanol–water partition coefficient (Wildman–Crippen LogP) is 2.24. The molecule has 2 N–H and O–H groups in total. The van der Waals surface area contributed by atoms with E-state index in [4.69, 9.17) is 4.74 Å². The second kappa shape index (κ2) is 8.05. The molecule has 0 saturated carbocycles. The van der Waals surface area contributed by atoms with E-state index in [-0.39, 0.29) is 18.1 Å². The van der Waals surface area contributed by atoms with Crippen LogP contribution in [-0.2, 0) is 13.5 Å². The van der Waals surface area contributed by atoms with Crippen molar-refractivity contribution >= 4 is 29.0 Å². The van der Waals surface area contributed by atoms with Crippen LogP contribution in [0.2, 0.25) is 0 Å². The van der Waals surface area contributed by atoms with Gasteiger partial charge < -0.3 is 14.6 Å². The highest BCUT2D eigenvalue weighted by atomic mass is 16.5. The zero-order valence-corrected chi connectivity index (χ0v) is 18.5. The molecule has 0 atom stereocenters. The van der Waals surface area contributed by atoms with Gasteiger partial charge >= 0.3 is 0 Å². The smallest absolute Gasteiger partial charge is 0.274 e. The van der Waals surface area contributed by atoms with Gasteiger partial charge in [0.25, 0.3) is 5.91 Å². The van der Waals surface area contributed by atoms with E-state index in [0.29, 0.717) is 34.9 Å². The van der Waals surface area contributed by atoms with E-state index in [1.165, 1.54) is 12.3 Å². The standard InChI is InChI=1S/C23H23N7O3/c1-4-19-13-5-6-16-14-9-17(24-11-18(14)27-26-16)15-10-21(31)25-12-20(15)33-8-7-29(2)23(32)22(13)28-30(19)3/h5-6,9-12H,4,7-8H2,1-3H3,(H,25,31)(H,26,27)/b6-5+. The van der Waals surface area contributed by atoms with Gasteiger partial charge in [0.15, 0.2) is 5.69 Å². The highest BCUT2D eigenvalue weighted by molar-refractivity contribution is 5.98. The number of H-pyrrole nitrogens is 2. The third kappa shape index (κ3) is 3.59. The number of pyridine rings is 2. The number of carbonyl (C=O) groups excluding carboxylic acids is 1. The zero-order valence-electron chi connectivity index (χ0n) is 18.5. The van der Waals surface area contributed by atoms with Gasteiger partial charge in [0.1, 0.15) is 12.4 Å². The number of nitrogens with one attached hydrogen (secondary N) is 2. The molecule has 5 heterocycles. The monoisotopic (exact) mass is 445 g/mol. The largest absolute Gasteiger partial charge is 0.489 e. The summed E-state index contributed by atoms with van der Waals surface area (Å²) in [5.41, 5.74) is 4.46. The fourth-order valence-electron chi connectivity index (χ4n) is 4.05. The molecule has 0 unspecified atom stereocenters. The summed E-state index contributed by atoms with van der Waals surface area (Å²) >= 11 is 0. The topological polar surface area (TPSA) is 122 Å². The summed E-state index contributed by atoms with van der Waals surface area (Å²) in [4.78, 5) is 34.0. The number of hydrogen-bond donors (Lipinski definition) is 2. The van der Waals surface area contributed by atoms with Crippen LogP contribution in [0.4, 0.5) is 0 Å². The molecule has 0 fully saturated rings. The Morgan fingerprint density at radius 3 is 2.85 bits per heavy atom. The van der Waals surface area contributed by atoms with Gasteiger partial charge in [0.2, 0.25) is 5.56 Å². The summed E-state index contributed by atoms with van der Waals surface area (Å²) < 4.78 is 7.70. The number of amides is 1. The summed E-state index contributed by atoms with van der Waals surface area (Å²) in [6, 6.07) is 3.33. The highest BCUT2D eigenvalue weighted by Crippen LogP contribution is 2.30. The number of aromatic amines is 2. The van der Waals surface area contributed by atoms with Crippen molar-refractivity contribution in [3.05, 3.63) is 57.5 Å². The quantitative estimate of drug-likeness (QED) is 0.463. The molecule has 1 aliphatic heterocycles. The molecular formula is C23H23N7O3. The lowest BCUT2D eigenvalue weighted by Gasteiger charge is -2.17.